The molecule has 4 heteroatoms. The number of hydrogen-bond donors (Lipinski definition) is 1. The Morgan fingerprint density at radius 3 is 2.92 bits per heavy atom. The number of nitrogens with one attached hydrogen (secondary N) is 1. The smallest absolute Gasteiger partial charge is 0.174 e. The van der Waals surface area contributed by atoms with Crippen LogP contribution in [0.15, 0.2) is 29.0 Å². The fourth-order valence-corrected chi connectivity index (χ4v) is 1.26. The summed E-state index contributed by atoms with van der Waals surface area (Å²) in [5, 5.41) is 0. The van der Waals surface area contributed by atoms with Gasteiger partial charge in [-0.25, -0.2) is 4.98 Å². The van der Waals surface area contributed by atoms with Gasteiger partial charge in [-0.15, -0.1) is 0 Å². The van der Waals surface area contributed by atoms with E-state index in [1.807, 2.05) is 13.0 Å². The normalized spacial score (nSPS) is 10.2. The Balaban J connectivity index is 2.59. The Morgan fingerprint density at radius 1 is 1.46 bits per heavy atom. The molecule has 0 amide bonds. The minimum atomic E-state index is 0.654. The van der Waals surface area contributed by atoms with Crippen molar-refractivity contribution in [3.63, 3.8) is 0 Å². The lowest BCUT2D eigenvalue weighted by molar-refractivity contribution is 0.575. The minimum absolute atomic E-state index is 0.654. The van der Waals surface area contributed by atoms with Gasteiger partial charge >= 0.3 is 0 Å². The van der Waals surface area contributed by atoms with Crippen molar-refractivity contribution in [2.75, 3.05) is 0 Å². The molecule has 0 aliphatic rings. The average Bonchev–Trinajstić information content (AvgIpc) is 2.51. The van der Waals surface area contributed by atoms with E-state index in [4.69, 9.17) is 16.6 Å². The molecule has 0 saturated heterocycles. The third kappa shape index (κ3) is 1.53. The van der Waals surface area contributed by atoms with E-state index in [-0.39, 0.29) is 0 Å². The summed E-state index contributed by atoms with van der Waals surface area (Å²) in [5.74, 6) is 1.42. The molecule has 13 heavy (non-hydrogen) atoms. The molecule has 3 nitrogen and oxygen atoms in total. The van der Waals surface area contributed by atoms with Gasteiger partial charge in [0.1, 0.15) is 4.64 Å². The standard InChI is InChI=1S/C9H8N2OS/c1-6-3-5-12-8(6)9-10-4-2-7(13)11-9/h2-5H,1H3,(H,10,11,13). The molecule has 0 atom stereocenters. The maximum Gasteiger partial charge on any atom is 0.174 e. The molecule has 0 unspecified atom stereocenters. The van der Waals surface area contributed by atoms with Crippen molar-refractivity contribution in [2.45, 2.75) is 6.92 Å². The van der Waals surface area contributed by atoms with E-state index >= 15 is 0 Å². The van der Waals surface area contributed by atoms with E-state index in [0.717, 1.165) is 11.3 Å². The molecule has 0 spiro atoms. The number of aromatic amines is 1. The maximum absolute atomic E-state index is 5.27. The van der Waals surface area contributed by atoms with Gasteiger partial charge in [-0.3, -0.25) is 0 Å². The molecule has 0 fully saturated rings. The third-order valence-corrected chi connectivity index (χ3v) is 1.99. The van der Waals surface area contributed by atoms with E-state index in [0.29, 0.717) is 10.5 Å². The first kappa shape index (κ1) is 8.19. The molecule has 0 aromatic carbocycles. The van der Waals surface area contributed by atoms with Gasteiger partial charge in [-0.1, -0.05) is 12.2 Å². The minimum Gasteiger partial charge on any atom is -0.461 e. The van der Waals surface area contributed by atoms with E-state index in [2.05, 4.69) is 9.97 Å². The third-order valence-electron chi connectivity index (χ3n) is 1.75. The van der Waals surface area contributed by atoms with Crippen LogP contribution in [-0.4, -0.2) is 9.97 Å². The zero-order valence-corrected chi connectivity index (χ0v) is 7.89. The fraction of sp³-hybridized carbons (Fsp3) is 0.111. The summed E-state index contributed by atoms with van der Waals surface area (Å²) in [5.41, 5.74) is 1.05. The van der Waals surface area contributed by atoms with Crippen LogP contribution in [0.2, 0.25) is 0 Å². The van der Waals surface area contributed by atoms with Crippen LogP contribution >= 0.6 is 12.2 Å². The summed E-state index contributed by atoms with van der Waals surface area (Å²) >= 11 is 4.98. The number of nitrogens with zero attached hydrogens (tertiary/aromatic N) is 1. The molecule has 2 rings (SSSR count). The highest BCUT2D eigenvalue weighted by Gasteiger charge is 2.05. The van der Waals surface area contributed by atoms with E-state index in [9.17, 15) is 0 Å². The van der Waals surface area contributed by atoms with Crippen LogP contribution in [0.3, 0.4) is 0 Å². The van der Waals surface area contributed by atoms with Crippen molar-refractivity contribution in [1.29, 1.82) is 0 Å². The lowest BCUT2D eigenvalue weighted by Gasteiger charge is -1.96. The quantitative estimate of drug-likeness (QED) is 0.706. The highest BCUT2D eigenvalue weighted by Crippen LogP contribution is 2.19. The summed E-state index contributed by atoms with van der Waals surface area (Å²) in [6.45, 7) is 1.96. The second-order valence-corrected chi connectivity index (χ2v) is 3.16. The Morgan fingerprint density at radius 2 is 2.31 bits per heavy atom. The Bertz CT molecular complexity index is 472. The van der Waals surface area contributed by atoms with E-state index < -0.39 is 0 Å². The van der Waals surface area contributed by atoms with Crippen molar-refractivity contribution < 1.29 is 4.42 Å². The molecule has 2 heterocycles. The van der Waals surface area contributed by atoms with Gasteiger partial charge in [-0.2, -0.15) is 0 Å². The summed E-state index contributed by atoms with van der Waals surface area (Å²) in [6, 6.07) is 3.62. The first-order chi connectivity index (χ1) is 6.27. The van der Waals surface area contributed by atoms with Gasteiger partial charge in [0.25, 0.3) is 0 Å². The van der Waals surface area contributed by atoms with Crippen molar-refractivity contribution in [2.24, 2.45) is 0 Å². The van der Waals surface area contributed by atoms with Gasteiger partial charge in [0, 0.05) is 6.20 Å². The summed E-state index contributed by atoms with van der Waals surface area (Å²) in [7, 11) is 0. The largest absolute Gasteiger partial charge is 0.461 e. The number of H-pyrrole nitrogens is 1. The second kappa shape index (κ2) is 3.14. The molecule has 0 aliphatic heterocycles. The molecule has 0 radical (unpaired) electrons. The van der Waals surface area contributed by atoms with Crippen LogP contribution in [0, 0.1) is 11.6 Å². The van der Waals surface area contributed by atoms with Gasteiger partial charge in [0.2, 0.25) is 0 Å². The molecule has 66 valence electrons. The molecule has 2 aromatic heterocycles. The van der Waals surface area contributed by atoms with Crippen LogP contribution in [0.4, 0.5) is 0 Å². The van der Waals surface area contributed by atoms with Crippen molar-refractivity contribution >= 4 is 12.2 Å². The van der Waals surface area contributed by atoms with Gasteiger partial charge in [-0.05, 0) is 24.6 Å². The highest BCUT2D eigenvalue weighted by molar-refractivity contribution is 7.71. The topological polar surface area (TPSA) is 41.8 Å². The second-order valence-electron chi connectivity index (χ2n) is 2.72. The Kier molecular flexibility index (Phi) is 1.98. The number of rotatable bonds is 1. The lowest BCUT2D eigenvalue weighted by atomic mass is 10.3. The molecule has 2 aromatic rings. The maximum atomic E-state index is 5.27. The number of aryl methyl sites for hydroxylation is 1. The first-order valence-corrected chi connectivity index (χ1v) is 4.28. The Hall–Kier alpha value is -1.42. The molecule has 0 bridgehead atoms. The van der Waals surface area contributed by atoms with Gasteiger partial charge < -0.3 is 9.40 Å². The predicted octanol–water partition coefficient (Wildman–Crippen LogP) is 2.71. The van der Waals surface area contributed by atoms with Gasteiger partial charge in [0.15, 0.2) is 11.6 Å². The molecule has 1 N–H and O–H groups in total. The van der Waals surface area contributed by atoms with Crippen molar-refractivity contribution in [3.8, 4) is 11.6 Å². The fourth-order valence-electron chi connectivity index (χ4n) is 1.10. The first-order valence-electron chi connectivity index (χ1n) is 3.87. The predicted molar refractivity (Wildman–Crippen MR) is 51.9 cm³/mol. The zero-order valence-electron chi connectivity index (χ0n) is 7.07. The van der Waals surface area contributed by atoms with Crippen LogP contribution < -0.4 is 0 Å². The van der Waals surface area contributed by atoms with Crippen LogP contribution in [-0.2, 0) is 0 Å². The average molecular weight is 192 g/mol. The number of furan rings is 1. The molecular weight excluding hydrogens is 184 g/mol. The van der Waals surface area contributed by atoms with Crippen LogP contribution in [0.5, 0.6) is 0 Å². The molecule has 0 saturated carbocycles. The SMILES string of the molecule is Cc1ccoc1-c1nccc(=S)[nH]1. The molecular formula is C9H8N2OS. The van der Waals surface area contributed by atoms with Crippen LogP contribution in [0.25, 0.3) is 11.6 Å². The summed E-state index contributed by atoms with van der Waals surface area (Å²) in [6.07, 6.45) is 3.30. The van der Waals surface area contributed by atoms with Crippen molar-refractivity contribution in [1.82, 2.24) is 9.97 Å². The number of aromatic nitrogens is 2. The monoisotopic (exact) mass is 192 g/mol. The van der Waals surface area contributed by atoms with Crippen molar-refractivity contribution in [3.05, 3.63) is 34.8 Å². The number of hydrogen-bond acceptors (Lipinski definition) is 3. The summed E-state index contributed by atoms with van der Waals surface area (Å²) < 4.78 is 5.92. The molecule has 0 aliphatic carbocycles. The zero-order chi connectivity index (χ0) is 9.26. The Labute approximate surface area is 80.4 Å². The van der Waals surface area contributed by atoms with Gasteiger partial charge in [0.05, 0.1) is 6.26 Å². The van der Waals surface area contributed by atoms with E-state index in [1.54, 1.807) is 18.5 Å². The highest BCUT2D eigenvalue weighted by atomic mass is 32.1. The lowest BCUT2D eigenvalue weighted by Crippen LogP contribution is -1.87. The van der Waals surface area contributed by atoms with Crippen LogP contribution in [0.1, 0.15) is 5.56 Å². The summed E-state index contributed by atoms with van der Waals surface area (Å²) in [4.78, 5) is 7.09. The van der Waals surface area contributed by atoms with E-state index in [1.165, 1.54) is 0 Å².